The maximum absolute atomic E-state index is 12.2. The zero-order valence-electron chi connectivity index (χ0n) is 8.79. The summed E-state index contributed by atoms with van der Waals surface area (Å²) in [6, 6.07) is 0. The Morgan fingerprint density at radius 1 is 0.938 bits per heavy atom. The van der Waals surface area contributed by atoms with E-state index in [0.717, 1.165) is 9.75 Å². The zero-order chi connectivity index (χ0) is 11.4. The first kappa shape index (κ1) is 10.2. The van der Waals surface area contributed by atoms with E-state index in [2.05, 4.69) is 0 Å². The van der Waals surface area contributed by atoms with Crippen molar-refractivity contribution < 1.29 is 9.59 Å². The molecule has 0 atom stereocenters. The van der Waals surface area contributed by atoms with Gasteiger partial charge in [0.05, 0.1) is 0 Å². The fourth-order valence-electron chi connectivity index (χ4n) is 2.15. The van der Waals surface area contributed by atoms with E-state index < -0.39 is 0 Å². The van der Waals surface area contributed by atoms with Crippen molar-refractivity contribution in [3.8, 4) is 0 Å². The number of hydrogen-bond acceptors (Lipinski definition) is 3. The average molecular weight is 295 g/mol. The SMILES string of the molecule is Cc1sc(C)c2c1C(=O)c1c[se]cc1C2=O. The standard InChI is InChI=1S/C12H8O2SSe/c1-5-9-10(6(2)15-5)12(14)8-4-16-3-7(8)11(9)13/h3-4H,1-2H3. The Bertz CT molecular complexity index is 582. The molecule has 4 heteroatoms. The third kappa shape index (κ3) is 1.12. The van der Waals surface area contributed by atoms with Crippen molar-refractivity contribution >= 4 is 37.4 Å². The van der Waals surface area contributed by atoms with E-state index in [1.165, 1.54) is 0 Å². The molecule has 0 spiro atoms. The van der Waals surface area contributed by atoms with Gasteiger partial charge >= 0.3 is 103 Å². The predicted molar refractivity (Wildman–Crippen MR) is 64.0 cm³/mol. The normalized spacial score (nSPS) is 13.9. The Morgan fingerprint density at radius 3 is 1.81 bits per heavy atom. The van der Waals surface area contributed by atoms with E-state index in [1.54, 1.807) is 11.3 Å². The molecule has 0 aliphatic heterocycles. The molecule has 0 fully saturated rings. The molecular formula is C12H8O2SSe. The summed E-state index contributed by atoms with van der Waals surface area (Å²) in [5.41, 5.74) is 2.57. The van der Waals surface area contributed by atoms with Crippen molar-refractivity contribution in [2.45, 2.75) is 13.8 Å². The van der Waals surface area contributed by atoms with Crippen LogP contribution in [0.15, 0.2) is 9.88 Å². The molecule has 80 valence electrons. The van der Waals surface area contributed by atoms with Crippen LogP contribution in [0, 0.1) is 13.8 Å². The van der Waals surface area contributed by atoms with E-state index in [-0.39, 0.29) is 26.1 Å². The van der Waals surface area contributed by atoms with Crippen LogP contribution >= 0.6 is 11.3 Å². The average Bonchev–Trinajstić information content (AvgIpc) is 2.80. The summed E-state index contributed by atoms with van der Waals surface area (Å²) >= 11 is 1.71. The van der Waals surface area contributed by atoms with Crippen molar-refractivity contribution in [1.29, 1.82) is 0 Å². The summed E-state index contributed by atoms with van der Waals surface area (Å²) in [5.74, 6) is 0.0872. The molecule has 16 heavy (non-hydrogen) atoms. The summed E-state index contributed by atoms with van der Waals surface area (Å²) in [6.07, 6.45) is 0. The zero-order valence-corrected chi connectivity index (χ0v) is 11.3. The van der Waals surface area contributed by atoms with E-state index in [4.69, 9.17) is 0 Å². The number of carbonyl (C=O) groups excluding carboxylic acids is 2. The molecule has 3 rings (SSSR count). The van der Waals surface area contributed by atoms with Crippen molar-refractivity contribution in [3.05, 3.63) is 41.9 Å². The molecule has 0 aromatic carbocycles. The van der Waals surface area contributed by atoms with Crippen LogP contribution in [0.2, 0.25) is 0 Å². The first-order valence-corrected chi connectivity index (χ1v) is 7.66. The summed E-state index contributed by atoms with van der Waals surface area (Å²) in [4.78, 5) is 30.2. The van der Waals surface area contributed by atoms with E-state index in [0.29, 0.717) is 22.3 Å². The quantitative estimate of drug-likeness (QED) is 0.596. The van der Waals surface area contributed by atoms with Crippen molar-refractivity contribution in [1.82, 2.24) is 0 Å². The molecule has 1 aliphatic carbocycles. The second-order valence-corrected chi connectivity index (χ2v) is 6.81. The van der Waals surface area contributed by atoms with Gasteiger partial charge in [-0.25, -0.2) is 0 Å². The van der Waals surface area contributed by atoms with Gasteiger partial charge < -0.3 is 0 Å². The third-order valence-corrected chi connectivity index (χ3v) is 5.45. The Morgan fingerprint density at radius 2 is 1.38 bits per heavy atom. The fourth-order valence-corrected chi connectivity index (χ4v) is 4.90. The van der Waals surface area contributed by atoms with Gasteiger partial charge in [-0.1, -0.05) is 0 Å². The topological polar surface area (TPSA) is 34.1 Å². The van der Waals surface area contributed by atoms with Gasteiger partial charge in [0.1, 0.15) is 0 Å². The van der Waals surface area contributed by atoms with Crippen LogP contribution in [0.5, 0.6) is 0 Å². The molecule has 2 aromatic rings. The Balaban J connectivity index is 2.40. The molecule has 0 saturated heterocycles. The molecule has 0 N–H and O–H groups in total. The molecule has 2 aromatic heterocycles. The summed E-state index contributed by atoms with van der Waals surface area (Å²) in [7, 11) is 0. The number of fused-ring (bicyclic) bond motifs is 2. The fraction of sp³-hybridized carbons (Fsp3) is 0.167. The summed E-state index contributed by atoms with van der Waals surface area (Å²) in [6.45, 7) is 3.83. The van der Waals surface area contributed by atoms with Gasteiger partial charge in [-0.2, -0.15) is 0 Å². The van der Waals surface area contributed by atoms with Gasteiger partial charge in [0.15, 0.2) is 0 Å². The Kier molecular flexibility index (Phi) is 2.08. The number of thiophene rings is 1. The molecule has 2 heterocycles. The number of carbonyl (C=O) groups is 2. The van der Waals surface area contributed by atoms with Crippen LogP contribution in [0.1, 0.15) is 41.6 Å². The monoisotopic (exact) mass is 296 g/mol. The van der Waals surface area contributed by atoms with Crippen LogP contribution in [0.3, 0.4) is 0 Å². The van der Waals surface area contributed by atoms with Crippen LogP contribution in [-0.4, -0.2) is 26.1 Å². The molecule has 0 radical (unpaired) electrons. The second kappa shape index (κ2) is 3.26. The van der Waals surface area contributed by atoms with Crippen LogP contribution in [0.4, 0.5) is 0 Å². The van der Waals surface area contributed by atoms with E-state index >= 15 is 0 Å². The summed E-state index contributed by atoms with van der Waals surface area (Å²) in [5, 5.41) is 0. The van der Waals surface area contributed by atoms with Crippen LogP contribution in [0.25, 0.3) is 0 Å². The minimum absolute atomic E-state index is 0.0436. The second-order valence-electron chi connectivity index (χ2n) is 3.82. The molecular weight excluding hydrogens is 287 g/mol. The van der Waals surface area contributed by atoms with Crippen molar-refractivity contribution in [2.75, 3.05) is 0 Å². The van der Waals surface area contributed by atoms with Crippen molar-refractivity contribution in [2.24, 2.45) is 0 Å². The molecule has 0 bridgehead atoms. The van der Waals surface area contributed by atoms with Gasteiger partial charge in [-0.05, 0) is 0 Å². The van der Waals surface area contributed by atoms with Gasteiger partial charge in [-0.3, -0.25) is 0 Å². The van der Waals surface area contributed by atoms with Gasteiger partial charge in [0, 0.05) is 0 Å². The number of ketones is 2. The van der Waals surface area contributed by atoms with Gasteiger partial charge in [0.25, 0.3) is 0 Å². The van der Waals surface area contributed by atoms with Crippen molar-refractivity contribution in [3.63, 3.8) is 0 Å². The van der Waals surface area contributed by atoms with E-state index in [1.807, 2.05) is 23.7 Å². The minimum atomic E-state index is 0.0436. The number of aryl methyl sites for hydroxylation is 2. The predicted octanol–water partition coefficient (Wildman–Crippen LogP) is 2.20. The van der Waals surface area contributed by atoms with Gasteiger partial charge in [-0.15, -0.1) is 0 Å². The number of hydrogen-bond donors (Lipinski definition) is 0. The Labute approximate surface area is 103 Å². The van der Waals surface area contributed by atoms with Gasteiger partial charge in [0.2, 0.25) is 0 Å². The molecule has 1 aliphatic rings. The van der Waals surface area contributed by atoms with Crippen LogP contribution in [-0.2, 0) is 0 Å². The molecule has 0 saturated carbocycles. The van der Waals surface area contributed by atoms with Crippen LogP contribution < -0.4 is 0 Å². The molecule has 0 unspecified atom stereocenters. The molecule has 0 amide bonds. The summed E-state index contributed by atoms with van der Waals surface area (Å²) < 4.78 is 0. The first-order chi connectivity index (χ1) is 7.61. The first-order valence-electron chi connectivity index (χ1n) is 4.87. The maximum atomic E-state index is 12.2. The number of rotatable bonds is 0. The third-order valence-electron chi connectivity index (χ3n) is 2.87. The Hall–Kier alpha value is -0.961. The molecule has 2 nitrogen and oxygen atoms in total. The van der Waals surface area contributed by atoms with E-state index in [9.17, 15) is 9.59 Å².